The molecule has 0 fully saturated rings. The van der Waals surface area contributed by atoms with Gasteiger partial charge < -0.3 is 20.7 Å². The van der Waals surface area contributed by atoms with E-state index in [9.17, 15) is 14.3 Å². The number of pyridine rings is 1. The molecule has 3 heterocycles. The smallest absolute Gasteiger partial charge is 0.255 e. The Morgan fingerprint density at radius 1 is 1.03 bits per heavy atom. The van der Waals surface area contributed by atoms with Crippen molar-refractivity contribution in [2.24, 2.45) is 0 Å². The molecule has 4 N–H and O–H groups in total. The van der Waals surface area contributed by atoms with Crippen LogP contribution in [0.4, 0.5) is 10.2 Å². The minimum Gasteiger partial charge on any atom is -0.508 e. The molecule has 1 amide bonds. The number of benzene rings is 3. The number of para-hydroxylation sites is 2. The third kappa shape index (κ3) is 4.13. The normalized spacial score (nSPS) is 13.3. The van der Waals surface area contributed by atoms with E-state index in [4.69, 9.17) is 5.73 Å². The number of nitrogen functional groups attached to an aromatic ring is 1. The molecule has 8 heteroatoms. The van der Waals surface area contributed by atoms with Crippen molar-refractivity contribution < 1.29 is 14.3 Å². The fourth-order valence-electron chi connectivity index (χ4n) is 4.54. The number of H-pyrrole nitrogens is 1. The second kappa shape index (κ2) is 8.81. The molecule has 0 bridgehead atoms. The van der Waals surface area contributed by atoms with Gasteiger partial charge in [-0.05, 0) is 60.2 Å². The van der Waals surface area contributed by atoms with Gasteiger partial charge in [-0.1, -0.05) is 30.0 Å². The number of nitrogens with zero attached hydrogens (tertiary/aromatic N) is 3. The molecule has 1 unspecified atom stereocenters. The number of nitrogens with two attached hydrogens (primary N) is 1. The van der Waals surface area contributed by atoms with Crippen LogP contribution in [-0.2, 0) is 6.54 Å². The van der Waals surface area contributed by atoms with E-state index in [2.05, 4.69) is 26.8 Å². The number of anilines is 1. The summed E-state index contributed by atoms with van der Waals surface area (Å²) in [5.41, 5.74) is 10.0. The fourth-order valence-corrected chi connectivity index (χ4v) is 4.54. The number of halogens is 1. The molecule has 7 nitrogen and oxygen atoms in total. The SMILES string of the molecule is Nc1ccc(C#Cc2ccc3c(c2)C(=O)N(C(c2nc4ccccc4[nH]2)c2cc(F)ccc2O)C3)cn1. The molecule has 37 heavy (non-hydrogen) atoms. The fraction of sp³-hybridized carbons (Fsp3) is 0.0690. The minimum atomic E-state index is -0.835. The summed E-state index contributed by atoms with van der Waals surface area (Å²) in [5.74, 6) is 6.02. The number of hydrogen-bond acceptors (Lipinski definition) is 5. The third-order valence-electron chi connectivity index (χ3n) is 6.34. The standard InChI is InChI=1S/C29H20FN5O2/c30-20-10-11-25(36)22(14-20)27(28-33-23-3-1-2-4-24(23)34-28)35-16-19-9-7-17(13-21(19)29(35)37)5-6-18-8-12-26(31)32-15-18/h1-4,7-15,27,36H,16H2,(H2,31,32)(H,33,34). The molecule has 2 aromatic heterocycles. The number of nitrogens with one attached hydrogen (secondary N) is 1. The van der Waals surface area contributed by atoms with Gasteiger partial charge in [-0.3, -0.25) is 4.79 Å². The van der Waals surface area contributed by atoms with Crippen molar-refractivity contribution in [3.63, 3.8) is 0 Å². The van der Waals surface area contributed by atoms with Crippen LogP contribution in [0, 0.1) is 17.7 Å². The van der Waals surface area contributed by atoms with E-state index in [1.54, 1.807) is 29.3 Å². The monoisotopic (exact) mass is 489 g/mol. The van der Waals surface area contributed by atoms with E-state index in [1.165, 1.54) is 18.2 Å². The quantitative estimate of drug-likeness (QED) is 0.323. The maximum atomic E-state index is 14.3. The first-order valence-electron chi connectivity index (χ1n) is 11.6. The topological polar surface area (TPSA) is 108 Å². The average molecular weight is 490 g/mol. The molecule has 0 radical (unpaired) electrons. The van der Waals surface area contributed by atoms with Crippen LogP contribution in [-0.4, -0.2) is 30.9 Å². The molecule has 180 valence electrons. The molecular weight excluding hydrogens is 469 g/mol. The summed E-state index contributed by atoms with van der Waals surface area (Å²) in [4.78, 5) is 27.2. The summed E-state index contributed by atoms with van der Waals surface area (Å²) in [5, 5.41) is 10.7. The molecule has 0 saturated heterocycles. The first kappa shape index (κ1) is 22.3. The number of rotatable bonds is 3. The summed E-state index contributed by atoms with van der Waals surface area (Å²) in [7, 11) is 0. The van der Waals surface area contributed by atoms with Crippen LogP contribution in [0.5, 0.6) is 5.75 Å². The Labute approximate surface area is 211 Å². The molecule has 1 aliphatic rings. The highest BCUT2D eigenvalue weighted by molar-refractivity contribution is 5.99. The number of carbonyl (C=O) groups is 1. The van der Waals surface area contributed by atoms with E-state index in [-0.39, 0.29) is 23.8 Å². The largest absolute Gasteiger partial charge is 0.508 e. The summed E-state index contributed by atoms with van der Waals surface area (Å²) in [6.45, 7) is 0.265. The van der Waals surface area contributed by atoms with Gasteiger partial charge in [-0.25, -0.2) is 14.4 Å². The van der Waals surface area contributed by atoms with Crippen molar-refractivity contribution in [1.29, 1.82) is 0 Å². The highest BCUT2D eigenvalue weighted by Gasteiger charge is 2.37. The molecule has 1 atom stereocenters. The zero-order chi connectivity index (χ0) is 25.5. The Kier molecular flexibility index (Phi) is 5.31. The predicted molar refractivity (Wildman–Crippen MR) is 137 cm³/mol. The van der Waals surface area contributed by atoms with Crippen LogP contribution in [0.25, 0.3) is 11.0 Å². The lowest BCUT2D eigenvalue weighted by atomic mass is 10.0. The van der Waals surface area contributed by atoms with Crippen molar-refractivity contribution in [3.05, 3.63) is 118 Å². The van der Waals surface area contributed by atoms with E-state index in [1.807, 2.05) is 36.4 Å². The van der Waals surface area contributed by atoms with Gasteiger partial charge in [-0.15, -0.1) is 0 Å². The molecule has 0 spiro atoms. The minimum absolute atomic E-state index is 0.126. The van der Waals surface area contributed by atoms with Gasteiger partial charge in [-0.2, -0.15) is 0 Å². The molecular formula is C29H20FN5O2. The number of hydrogen-bond donors (Lipinski definition) is 3. The highest BCUT2D eigenvalue weighted by atomic mass is 19.1. The maximum Gasteiger partial charge on any atom is 0.255 e. The van der Waals surface area contributed by atoms with E-state index >= 15 is 0 Å². The molecule has 0 aliphatic carbocycles. The molecule has 6 rings (SSSR count). The number of fused-ring (bicyclic) bond motifs is 2. The van der Waals surface area contributed by atoms with E-state index < -0.39 is 11.9 Å². The highest BCUT2D eigenvalue weighted by Crippen LogP contribution is 2.39. The summed E-state index contributed by atoms with van der Waals surface area (Å²) in [6, 6.07) is 19.2. The number of phenols is 1. The molecule has 5 aromatic rings. The number of aromatic nitrogens is 3. The maximum absolute atomic E-state index is 14.3. The van der Waals surface area contributed by atoms with Gasteiger partial charge in [0.25, 0.3) is 5.91 Å². The van der Waals surface area contributed by atoms with Gasteiger partial charge in [0, 0.05) is 35.0 Å². The van der Waals surface area contributed by atoms with Crippen LogP contribution in [0.1, 0.15) is 44.5 Å². The van der Waals surface area contributed by atoms with Crippen molar-refractivity contribution in [2.45, 2.75) is 12.6 Å². The number of aromatic hydroxyl groups is 1. The Morgan fingerprint density at radius 2 is 1.84 bits per heavy atom. The Balaban J connectivity index is 1.40. The Hall–Kier alpha value is -5.16. The lowest BCUT2D eigenvalue weighted by molar-refractivity contribution is 0.0723. The van der Waals surface area contributed by atoms with Gasteiger partial charge in [0.2, 0.25) is 0 Å². The number of carbonyl (C=O) groups excluding carboxylic acids is 1. The van der Waals surface area contributed by atoms with Crippen LogP contribution in [0.2, 0.25) is 0 Å². The lowest BCUT2D eigenvalue weighted by Crippen LogP contribution is -2.31. The van der Waals surface area contributed by atoms with E-state index in [0.717, 1.165) is 11.1 Å². The van der Waals surface area contributed by atoms with Crippen molar-refractivity contribution in [2.75, 3.05) is 5.73 Å². The number of aromatic amines is 1. The lowest BCUT2D eigenvalue weighted by Gasteiger charge is -2.27. The first-order chi connectivity index (χ1) is 18.0. The number of amides is 1. The van der Waals surface area contributed by atoms with Gasteiger partial charge in [0.15, 0.2) is 0 Å². The summed E-state index contributed by atoms with van der Waals surface area (Å²) < 4.78 is 14.3. The zero-order valence-corrected chi connectivity index (χ0v) is 19.4. The van der Waals surface area contributed by atoms with Gasteiger partial charge in [0.1, 0.15) is 29.3 Å². The van der Waals surface area contributed by atoms with Crippen molar-refractivity contribution >= 4 is 22.8 Å². The zero-order valence-electron chi connectivity index (χ0n) is 19.4. The first-order valence-corrected chi connectivity index (χ1v) is 11.6. The Bertz CT molecular complexity index is 1700. The second-order valence-electron chi connectivity index (χ2n) is 8.77. The summed E-state index contributed by atoms with van der Waals surface area (Å²) >= 11 is 0. The van der Waals surface area contributed by atoms with Crippen LogP contribution in [0.3, 0.4) is 0 Å². The molecule has 0 saturated carbocycles. The second-order valence-corrected chi connectivity index (χ2v) is 8.77. The molecule has 1 aliphatic heterocycles. The average Bonchev–Trinajstić information content (AvgIpc) is 3.47. The van der Waals surface area contributed by atoms with Gasteiger partial charge >= 0.3 is 0 Å². The van der Waals surface area contributed by atoms with Crippen LogP contribution in [0.15, 0.2) is 79.0 Å². The van der Waals surface area contributed by atoms with Crippen molar-refractivity contribution in [3.8, 4) is 17.6 Å². The molecule has 3 aromatic carbocycles. The number of imidazole rings is 1. The van der Waals surface area contributed by atoms with Crippen LogP contribution < -0.4 is 5.73 Å². The number of phenolic OH excluding ortho intramolecular Hbond substituents is 1. The predicted octanol–water partition coefficient (Wildman–Crippen LogP) is 4.53. The Morgan fingerprint density at radius 3 is 2.65 bits per heavy atom. The third-order valence-corrected chi connectivity index (χ3v) is 6.34. The van der Waals surface area contributed by atoms with Crippen LogP contribution >= 0.6 is 0 Å². The van der Waals surface area contributed by atoms with E-state index in [0.29, 0.717) is 33.8 Å². The summed E-state index contributed by atoms with van der Waals surface area (Å²) in [6.07, 6.45) is 1.59. The van der Waals surface area contributed by atoms with Gasteiger partial charge in [0.05, 0.1) is 11.0 Å². The van der Waals surface area contributed by atoms with Crippen molar-refractivity contribution in [1.82, 2.24) is 19.9 Å².